The molecule has 0 spiro atoms. The fourth-order valence-corrected chi connectivity index (χ4v) is 4.55. The van der Waals surface area contributed by atoms with E-state index in [2.05, 4.69) is 20.4 Å². The quantitative estimate of drug-likeness (QED) is 0.476. The summed E-state index contributed by atoms with van der Waals surface area (Å²) in [4.78, 5) is 24.6. The molecule has 0 aliphatic heterocycles. The van der Waals surface area contributed by atoms with E-state index in [9.17, 15) is 14.7 Å². The van der Waals surface area contributed by atoms with Crippen LogP contribution in [0.2, 0.25) is 0 Å². The van der Waals surface area contributed by atoms with E-state index in [-0.39, 0.29) is 41.0 Å². The van der Waals surface area contributed by atoms with Gasteiger partial charge in [0.1, 0.15) is 12.2 Å². The number of ketones is 1. The maximum absolute atomic E-state index is 12.5. The molecule has 25 heavy (non-hydrogen) atoms. The van der Waals surface area contributed by atoms with Gasteiger partial charge >= 0.3 is 5.97 Å². The Bertz CT molecular complexity index is 591. The maximum atomic E-state index is 12.5. The minimum atomic E-state index is -0.943. The Morgan fingerprint density at radius 1 is 1.40 bits per heavy atom. The second kappa shape index (κ2) is 7.45. The standard InChI is InChI=1S/C21H32O4/c1-7-13(4)10-18(22)25-17-9-8-16-20(24)19(23)15(12(2)3)11-21(16,6)14(17)5/h10,14-17,20,24H,2,7-9,11H2,1,3-6H3. The Hall–Kier alpha value is -1.42. The van der Waals surface area contributed by atoms with E-state index in [1.54, 1.807) is 6.08 Å². The van der Waals surface area contributed by atoms with Gasteiger partial charge in [-0.1, -0.05) is 38.5 Å². The molecular weight excluding hydrogens is 316 g/mol. The first-order valence-electron chi connectivity index (χ1n) is 9.36. The lowest BCUT2D eigenvalue weighted by molar-refractivity contribution is -0.172. The maximum Gasteiger partial charge on any atom is 0.330 e. The number of rotatable bonds is 4. The zero-order chi connectivity index (χ0) is 18.9. The van der Waals surface area contributed by atoms with Crippen molar-refractivity contribution in [2.45, 2.75) is 72.5 Å². The fraction of sp³-hybridized carbons (Fsp3) is 0.714. The molecule has 2 fully saturated rings. The van der Waals surface area contributed by atoms with E-state index in [4.69, 9.17) is 4.74 Å². The summed E-state index contributed by atoms with van der Waals surface area (Å²) >= 11 is 0. The molecule has 2 saturated carbocycles. The fourth-order valence-electron chi connectivity index (χ4n) is 4.55. The molecule has 0 saturated heterocycles. The van der Waals surface area contributed by atoms with Crippen molar-refractivity contribution in [2.24, 2.45) is 23.2 Å². The van der Waals surface area contributed by atoms with Crippen molar-refractivity contribution in [2.75, 3.05) is 0 Å². The topological polar surface area (TPSA) is 63.6 Å². The highest BCUT2D eigenvalue weighted by molar-refractivity contribution is 5.89. The number of hydrogen-bond donors (Lipinski definition) is 1. The largest absolute Gasteiger partial charge is 0.459 e. The zero-order valence-electron chi connectivity index (χ0n) is 16.2. The Morgan fingerprint density at radius 2 is 2.04 bits per heavy atom. The van der Waals surface area contributed by atoms with Gasteiger partial charge in [-0.15, -0.1) is 0 Å². The van der Waals surface area contributed by atoms with Crippen LogP contribution >= 0.6 is 0 Å². The van der Waals surface area contributed by atoms with E-state index < -0.39 is 6.10 Å². The summed E-state index contributed by atoms with van der Waals surface area (Å²) in [6.45, 7) is 13.9. The Morgan fingerprint density at radius 3 is 2.60 bits per heavy atom. The molecule has 0 radical (unpaired) electrons. The van der Waals surface area contributed by atoms with Gasteiger partial charge < -0.3 is 9.84 Å². The molecular formula is C21H32O4. The molecule has 2 aliphatic carbocycles. The van der Waals surface area contributed by atoms with Crippen LogP contribution < -0.4 is 0 Å². The minimum absolute atomic E-state index is 0.0755. The summed E-state index contributed by atoms with van der Waals surface area (Å²) in [5.74, 6) is -0.694. The van der Waals surface area contributed by atoms with Crippen LogP contribution in [0.4, 0.5) is 0 Å². The van der Waals surface area contributed by atoms with E-state index in [0.29, 0.717) is 19.3 Å². The van der Waals surface area contributed by atoms with Crippen LogP contribution in [-0.2, 0) is 14.3 Å². The van der Waals surface area contributed by atoms with Gasteiger partial charge in [0.05, 0.1) is 0 Å². The molecule has 1 N–H and O–H groups in total. The molecule has 0 aromatic carbocycles. The number of allylic oxidation sites excluding steroid dienone is 2. The Labute approximate surface area is 151 Å². The second-order valence-electron chi connectivity index (χ2n) is 8.25. The monoisotopic (exact) mass is 348 g/mol. The second-order valence-corrected chi connectivity index (χ2v) is 8.25. The number of esters is 1. The number of fused-ring (bicyclic) bond motifs is 1. The number of hydrogen-bond acceptors (Lipinski definition) is 4. The van der Waals surface area contributed by atoms with Gasteiger partial charge in [0.15, 0.2) is 5.78 Å². The van der Waals surface area contributed by atoms with Crippen molar-refractivity contribution < 1.29 is 19.4 Å². The van der Waals surface area contributed by atoms with Crippen LogP contribution in [0.15, 0.2) is 23.8 Å². The van der Waals surface area contributed by atoms with Crippen molar-refractivity contribution in [3.05, 3.63) is 23.8 Å². The van der Waals surface area contributed by atoms with E-state index in [1.165, 1.54) is 0 Å². The minimum Gasteiger partial charge on any atom is -0.459 e. The van der Waals surface area contributed by atoms with Crippen LogP contribution in [0.1, 0.15) is 60.3 Å². The predicted molar refractivity (Wildman–Crippen MR) is 97.9 cm³/mol. The molecule has 4 nitrogen and oxygen atoms in total. The number of ether oxygens (including phenoxy) is 1. The third kappa shape index (κ3) is 3.74. The van der Waals surface area contributed by atoms with Crippen LogP contribution in [0.3, 0.4) is 0 Å². The first kappa shape index (κ1) is 19.9. The number of carbonyl (C=O) groups is 2. The van der Waals surface area contributed by atoms with Gasteiger partial charge in [-0.2, -0.15) is 0 Å². The van der Waals surface area contributed by atoms with Crippen LogP contribution in [0.5, 0.6) is 0 Å². The molecule has 2 aliphatic rings. The number of Topliss-reactive ketones (excluding diaryl/α,β-unsaturated/α-hetero) is 1. The smallest absolute Gasteiger partial charge is 0.330 e. The van der Waals surface area contributed by atoms with Gasteiger partial charge in [-0.25, -0.2) is 4.79 Å². The third-order valence-electron chi connectivity index (χ3n) is 6.65. The van der Waals surface area contributed by atoms with Crippen LogP contribution in [0, 0.1) is 23.2 Å². The molecule has 0 amide bonds. The van der Waals surface area contributed by atoms with E-state index >= 15 is 0 Å². The SMILES string of the molecule is C=C(C)C1CC2(C)C(C)C(OC(=O)C=C(C)CC)CCC2C(O)C1=O. The highest BCUT2D eigenvalue weighted by Gasteiger charge is 2.56. The van der Waals surface area contributed by atoms with Gasteiger partial charge in [0.2, 0.25) is 0 Å². The molecule has 6 unspecified atom stereocenters. The van der Waals surface area contributed by atoms with Crippen molar-refractivity contribution in [3.63, 3.8) is 0 Å². The summed E-state index contributed by atoms with van der Waals surface area (Å²) < 4.78 is 5.74. The van der Waals surface area contributed by atoms with Crippen molar-refractivity contribution >= 4 is 11.8 Å². The zero-order valence-corrected chi connectivity index (χ0v) is 16.2. The van der Waals surface area contributed by atoms with Gasteiger partial charge in [-0.05, 0) is 56.8 Å². The average Bonchev–Trinajstić information content (AvgIpc) is 2.54. The summed E-state index contributed by atoms with van der Waals surface area (Å²) in [5, 5.41) is 10.6. The molecule has 140 valence electrons. The summed E-state index contributed by atoms with van der Waals surface area (Å²) in [6, 6.07) is 0. The van der Waals surface area contributed by atoms with Crippen molar-refractivity contribution in [1.29, 1.82) is 0 Å². The summed E-state index contributed by atoms with van der Waals surface area (Å²) in [7, 11) is 0. The number of aliphatic hydroxyl groups excluding tert-OH is 1. The summed E-state index contributed by atoms with van der Waals surface area (Å²) in [5.41, 5.74) is 1.55. The van der Waals surface area contributed by atoms with Gasteiger partial charge in [-0.3, -0.25) is 4.79 Å². The molecule has 0 bridgehead atoms. The lowest BCUT2D eigenvalue weighted by Gasteiger charge is -2.54. The number of aliphatic hydroxyl groups is 1. The predicted octanol–water partition coefficient (Wildman–Crippen LogP) is 3.83. The van der Waals surface area contributed by atoms with Gasteiger partial charge in [0, 0.05) is 12.0 Å². The average molecular weight is 348 g/mol. The summed E-state index contributed by atoms with van der Waals surface area (Å²) in [6.07, 6.45) is 3.32. The molecule has 0 heterocycles. The lowest BCUT2D eigenvalue weighted by atomic mass is 9.51. The Balaban J connectivity index is 2.21. The first-order chi connectivity index (χ1) is 11.6. The molecule has 4 heteroatoms. The molecule has 0 aromatic heterocycles. The highest BCUT2D eigenvalue weighted by Crippen LogP contribution is 2.55. The van der Waals surface area contributed by atoms with Crippen LogP contribution in [-0.4, -0.2) is 29.1 Å². The third-order valence-corrected chi connectivity index (χ3v) is 6.65. The highest BCUT2D eigenvalue weighted by atomic mass is 16.5. The van der Waals surface area contributed by atoms with E-state index in [0.717, 1.165) is 17.6 Å². The van der Waals surface area contributed by atoms with Crippen LogP contribution in [0.25, 0.3) is 0 Å². The number of carbonyl (C=O) groups excluding carboxylic acids is 2. The molecule has 0 aromatic rings. The molecule has 6 atom stereocenters. The van der Waals surface area contributed by atoms with Gasteiger partial charge in [0.25, 0.3) is 0 Å². The lowest BCUT2D eigenvalue weighted by Crippen LogP contribution is -2.57. The van der Waals surface area contributed by atoms with E-state index in [1.807, 2.05) is 20.8 Å². The van der Waals surface area contributed by atoms with Crippen molar-refractivity contribution in [3.8, 4) is 0 Å². The first-order valence-corrected chi connectivity index (χ1v) is 9.36. The Kier molecular flexibility index (Phi) is 5.93. The molecule has 2 rings (SSSR count). The van der Waals surface area contributed by atoms with Crippen molar-refractivity contribution in [1.82, 2.24) is 0 Å². The normalized spacial score (nSPS) is 38.9.